The maximum atomic E-state index is 11.3. The molecule has 0 aliphatic rings. The van der Waals surface area contributed by atoms with E-state index in [-0.39, 0.29) is 5.78 Å². The monoisotopic (exact) mass is 214 g/mol. The van der Waals surface area contributed by atoms with Crippen LogP contribution in [0.1, 0.15) is 29.3 Å². The van der Waals surface area contributed by atoms with Crippen LogP contribution in [0.2, 0.25) is 0 Å². The molecular weight excluding hydrogens is 204 g/mol. The van der Waals surface area contributed by atoms with Crippen molar-refractivity contribution in [1.29, 1.82) is 0 Å². The minimum absolute atomic E-state index is 0.136. The van der Waals surface area contributed by atoms with Crippen molar-refractivity contribution in [2.24, 2.45) is 0 Å². The van der Waals surface area contributed by atoms with Crippen LogP contribution >= 0.6 is 24.2 Å². The van der Waals surface area contributed by atoms with E-state index in [0.29, 0.717) is 17.9 Å². The summed E-state index contributed by atoms with van der Waals surface area (Å²) in [5.41, 5.74) is 1.67. The molecule has 13 heavy (non-hydrogen) atoms. The first-order valence-corrected chi connectivity index (χ1v) is 5.08. The molecule has 0 heterocycles. The number of hydrogen-bond donors (Lipinski definition) is 1. The standard InChI is InChI=1S/C10H11ClOS/c1-2-9(12)7-3-4-8(6-11)10(13)5-7/h3-5,13H,2,6H2,1H3. The number of rotatable bonds is 3. The molecule has 0 aromatic heterocycles. The molecule has 0 atom stereocenters. The summed E-state index contributed by atoms with van der Waals surface area (Å²) >= 11 is 9.91. The second kappa shape index (κ2) is 4.68. The lowest BCUT2D eigenvalue weighted by Gasteiger charge is -2.03. The van der Waals surface area contributed by atoms with Gasteiger partial charge in [0.05, 0.1) is 0 Å². The normalized spacial score (nSPS) is 10.1. The number of alkyl halides is 1. The fourth-order valence-corrected chi connectivity index (χ4v) is 1.67. The van der Waals surface area contributed by atoms with Gasteiger partial charge in [-0.1, -0.05) is 19.1 Å². The molecule has 1 aromatic carbocycles. The zero-order valence-corrected chi connectivity index (χ0v) is 9.03. The second-order valence-corrected chi connectivity index (χ2v) is 3.50. The fraction of sp³-hybridized carbons (Fsp3) is 0.300. The minimum atomic E-state index is 0.136. The summed E-state index contributed by atoms with van der Waals surface area (Å²) in [6, 6.07) is 5.41. The Morgan fingerprint density at radius 3 is 2.69 bits per heavy atom. The number of carbonyl (C=O) groups excluding carboxylic acids is 1. The molecule has 0 spiro atoms. The highest BCUT2D eigenvalue weighted by Gasteiger charge is 2.05. The Morgan fingerprint density at radius 1 is 1.54 bits per heavy atom. The highest BCUT2D eigenvalue weighted by molar-refractivity contribution is 7.80. The first-order valence-electron chi connectivity index (χ1n) is 4.10. The Morgan fingerprint density at radius 2 is 2.23 bits per heavy atom. The van der Waals surface area contributed by atoms with E-state index in [4.69, 9.17) is 11.6 Å². The van der Waals surface area contributed by atoms with Gasteiger partial charge in [-0.25, -0.2) is 0 Å². The number of Topliss-reactive ketones (excluding diaryl/α,β-unsaturated/α-hetero) is 1. The molecule has 0 aliphatic heterocycles. The van der Waals surface area contributed by atoms with Crippen molar-refractivity contribution < 1.29 is 4.79 Å². The van der Waals surface area contributed by atoms with Gasteiger partial charge >= 0.3 is 0 Å². The molecule has 0 bridgehead atoms. The Kier molecular flexibility index (Phi) is 3.82. The molecular formula is C10H11ClOS. The van der Waals surface area contributed by atoms with Gasteiger partial charge in [0.25, 0.3) is 0 Å². The van der Waals surface area contributed by atoms with Crippen LogP contribution in [0.25, 0.3) is 0 Å². The van der Waals surface area contributed by atoms with E-state index in [9.17, 15) is 4.79 Å². The average molecular weight is 215 g/mol. The summed E-state index contributed by atoms with van der Waals surface area (Å²) in [5.74, 6) is 0.566. The molecule has 0 radical (unpaired) electrons. The van der Waals surface area contributed by atoms with Crippen molar-refractivity contribution in [2.45, 2.75) is 24.1 Å². The van der Waals surface area contributed by atoms with Crippen molar-refractivity contribution in [3.05, 3.63) is 29.3 Å². The van der Waals surface area contributed by atoms with E-state index in [1.807, 2.05) is 13.0 Å². The largest absolute Gasteiger partial charge is 0.294 e. The predicted octanol–water partition coefficient (Wildman–Crippen LogP) is 3.31. The molecule has 0 saturated heterocycles. The summed E-state index contributed by atoms with van der Waals surface area (Å²) in [6.45, 7) is 1.84. The van der Waals surface area contributed by atoms with Crippen molar-refractivity contribution >= 4 is 30.0 Å². The second-order valence-electron chi connectivity index (χ2n) is 2.75. The van der Waals surface area contributed by atoms with Gasteiger partial charge in [0.15, 0.2) is 5.78 Å². The van der Waals surface area contributed by atoms with E-state index >= 15 is 0 Å². The van der Waals surface area contributed by atoms with Crippen LogP contribution in [0.15, 0.2) is 23.1 Å². The molecule has 1 nitrogen and oxygen atoms in total. The number of benzene rings is 1. The molecule has 0 amide bonds. The van der Waals surface area contributed by atoms with Gasteiger partial charge in [-0.05, 0) is 11.6 Å². The van der Waals surface area contributed by atoms with Crippen molar-refractivity contribution in [3.63, 3.8) is 0 Å². The number of carbonyl (C=O) groups is 1. The summed E-state index contributed by atoms with van der Waals surface area (Å²) in [7, 11) is 0. The Labute approximate surface area is 88.5 Å². The van der Waals surface area contributed by atoms with Crippen LogP contribution in [0.3, 0.4) is 0 Å². The van der Waals surface area contributed by atoms with Gasteiger partial charge in [-0.15, -0.1) is 24.2 Å². The third-order valence-corrected chi connectivity index (χ3v) is 2.58. The summed E-state index contributed by atoms with van der Waals surface area (Å²) in [6.07, 6.45) is 0.521. The summed E-state index contributed by atoms with van der Waals surface area (Å²) in [5, 5.41) is 0. The van der Waals surface area contributed by atoms with Gasteiger partial charge in [-0.2, -0.15) is 0 Å². The number of ketones is 1. The lowest BCUT2D eigenvalue weighted by atomic mass is 10.1. The maximum absolute atomic E-state index is 11.3. The SMILES string of the molecule is CCC(=O)c1ccc(CCl)c(S)c1. The molecule has 0 aliphatic carbocycles. The molecule has 70 valence electrons. The number of thiol groups is 1. The van der Waals surface area contributed by atoms with Crippen molar-refractivity contribution in [1.82, 2.24) is 0 Å². The smallest absolute Gasteiger partial charge is 0.162 e. The molecule has 0 unspecified atom stereocenters. The molecule has 3 heteroatoms. The quantitative estimate of drug-likeness (QED) is 0.464. The molecule has 0 fully saturated rings. The lowest BCUT2D eigenvalue weighted by Crippen LogP contribution is -1.97. The Bertz CT molecular complexity index is 323. The minimum Gasteiger partial charge on any atom is -0.294 e. The highest BCUT2D eigenvalue weighted by Crippen LogP contribution is 2.18. The van der Waals surface area contributed by atoms with Crippen LogP contribution in [0, 0.1) is 0 Å². The first-order chi connectivity index (χ1) is 6.19. The fourth-order valence-electron chi connectivity index (χ4n) is 1.05. The van der Waals surface area contributed by atoms with Crippen molar-refractivity contribution in [2.75, 3.05) is 0 Å². The molecule has 0 saturated carbocycles. The Hall–Kier alpha value is -0.470. The maximum Gasteiger partial charge on any atom is 0.162 e. The van der Waals surface area contributed by atoms with Crippen LogP contribution < -0.4 is 0 Å². The van der Waals surface area contributed by atoms with Crippen LogP contribution in [-0.2, 0) is 5.88 Å². The zero-order chi connectivity index (χ0) is 9.84. The Balaban J connectivity index is 3.02. The summed E-state index contributed by atoms with van der Waals surface area (Å²) in [4.78, 5) is 12.1. The topological polar surface area (TPSA) is 17.1 Å². The van der Waals surface area contributed by atoms with Crippen LogP contribution in [0.4, 0.5) is 0 Å². The van der Waals surface area contributed by atoms with Gasteiger partial charge in [0.1, 0.15) is 0 Å². The van der Waals surface area contributed by atoms with Gasteiger partial charge < -0.3 is 0 Å². The van der Waals surface area contributed by atoms with E-state index < -0.39 is 0 Å². The molecule has 1 aromatic rings. The number of halogens is 1. The predicted molar refractivity (Wildman–Crippen MR) is 57.9 cm³/mol. The zero-order valence-electron chi connectivity index (χ0n) is 7.38. The lowest BCUT2D eigenvalue weighted by molar-refractivity contribution is 0.0988. The van der Waals surface area contributed by atoms with Crippen LogP contribution in [-0.4, -0.2) is 5.78 Å². The average Bonchev–Trinajstić information content (AvgIpc) is 2.16. The third-order valence-electron chi connectivity index (χ3n) is 1.87. The van der Waals surface area contributed by atoms with Crippen molar-refractivity contribution in [3.8, 4) is 0 Å². The van der Waals surface area contributed by atoms with Gasteiger partial charge in [0, 0.05) is 22.8 Å². The van der Waals surface area contributed by atoms with Gasteiger partial charge in [0.2, 0.25) is 0 Å². The summed E-state index contributed by atoms with van der Waals surface area (Å²) < 4.78 is 0. The number of hydrogen-bond acceptors (Lipinski definition) is 2. The molecule has 1 rings (SSSR count). The van der Waals surface area contributed by atoms with E-state index in [2.05, 4.69) is 12.6 Å². The van der Waals surface area contributed by atoms with E-state index in [0.717, 1.165) is 10.5 Å². The molecule has 0 N–H and O–H groups in total. The van der Waals surface area contributed by atoms with Crippen LogP contribution in [0.5, 0.6) is 0 Å². The third kappa shape index (κ3) is 2.48. The highest BCUT2D eigenvalue weighted by atomic mass is 35.5. The first kappa shape index (κ1) is 10.6. The van der Waals surface area contributed by atoms with E-state index in [1.165, 1.54) is 0 Å². The van der Waals surface area contributed by atoms with Gasteiger partial charge in [-0.3, -0.25) is 4.79 Å². The van der Waals surface area contributed by atoms with E-state index in [1.54, 1.807) is 12.1 Å².